The Balaban J connectivity index is 0.00000364. The van der Waals surface area contributed by atoms with Gasteiger partial charge in [0.2, 0.25) is 0 Å². The Morgan fingerprint density at radius 1 is 1.22 bits per heavy atom. The summed E-state index contributed by atoms with van der Waals surface area (Å²) in [5.74, 6) is 4.53. The fraction of sp³-hybridized carbons (Fsp3) is 0.350. The van der Waals surface area contributed by atoms with Crippen molar-refractivity contribution in [2.24, 2.45) is 4.99 Å². The van der Waals surface area contributed by atoms with Crippen LogP contribution < -0.4 is 20.1 Å². The molecule has 0 aliphatic heterocycles. The first-order chi connectivity index (χ1) is 12.8. The molecule has 27 heavy (non-hydrogen) atoms. The van der Waals surface area contributed by atoms with Gasteiger partial charge >= 0.3 is 0 Å². The molecule has 0 spiro atoms. The quantitative estimate of drug-likeness (QED) is 0.250. The van der Waals surface area contributed by atoms with Crippen LogP contribution in [0.5, 0.6) is 11.5 Å². The highest BCUT2D eigenvalue weighted by Crippen LogP contribution is 2.28. The molecule has 146 valence electrons. The summed E-state index contributed by atoms with van der Waals surface area (Å²) in [5, 5.41) is 6.59. The molecule has 2 rings (SSSR count). The van der Waals surface area contributed by atoms with Crippen molar-refractivity contribution in [2.75, 3.05) is 26.8 Å². The number of hydrogen-bond donors (Lipinski definition) is 2. The van der Waals surface area contributed by atoms with Gasteiger partial charge in [0.1, 0.15) is 6.61 Å². The maximum atomic E-state index is 5.53. The number of halogens is 1. The Kier molecular flexibility index (Phi) is 10.9. The second-order valence-corrected chi connectivity index (χ2v) is 5.52. The Bertz CT molecular complexity index is 739. The molecule has 6 nitrogen and oxygen atoms in total. The van der Waals surface area contributed by atoms with E-state index in [1.54, 1.807) is 7.11 Å². The summed E-state index contributed by atoms with van der Waals surface area (Å²) < 4.78 is 12.9. The van der Waals surface area contributed by atoms with Crippen molar-refractivity contribution in [2.45, 2.75) is 20.0 Å². The van der Waals surface area contributed by atoms with Crippen LogP contribution in [0.15, 0.2) is 47.7 Å². The zero-order valence-electron chi connectivity index (χ0n) is 15.8. The number of ether oxygens (including phenoxy) is 2. The van der Waals surface area contributed by atoms with Crippen LogP contribution >= 0.6 is 24.0 Å². The summed E-state index contributed by atoms with van der Waals surface area (Å²) in [7, 11) is 1.60. The molecule has 0 fully saturated rings. The average Bonchev–Trinajstić information content (AvgIpc) is 3.18. The maximum absolute atomic E-state index is 5.53. The van der Waals surface area contributed by atoms with E-state index in [-0.39, 0.29) is 30.6 Å². The number of nitrogens with one attached hydrogen (secondary N) is 2. The Hall–Kier alpha value is -2.34. The van der Waals surface area contributed by atoms with Gasteiger partial charge in [-0.1, -0.05) is 12.0 Å². The minimum absolute atomic E-state index is 0. The number of guanidine groups is 1. The molecule has 0 amide bonds. The van der Waals surface area contributed by atoms with Crippen molar-refractivity contribution in [3.05, 3.63) is 48.3 Å². The minimum atomic E-state index is 0. The smallest absolute Gasteiger partial charge is 0.191 e. The van der Waals surface area contributed by atoms with Crippen molar-refractivity contribution in [1.29, 1.82) is 0 Å². The van der Waals surface area contributed by atoms with Crippen LogP contribution in [0.3, 0.4) is 0 Å². The molecular weight excluding hydrogens is 455 g/mol. The molecule has 7 heteroatoms. The molecule has 1 aromatic carbocycles. The number of aliphatic imine (C=N–C) groups is 1. The van der Waals surface area contributed by atoms with E-state index < -0.39 is 0 Å². The molecule has 0 saturated carbocycles. The first-order valence-corrected chi connectivity index (χ1v) is 8.63. The van der Waals surface area contributed by atoms with Crippen LogP contribution in [-0.2, 0) is 13.1 Å². The van der Waals surface area contributed by atoms with Crippen molar-refractivity contribution >= 4 is 29.9 Å². The van der Waals surface area contributed by atoms with Gasteiger partial charge in [-0.15, -0.1) is 30.4 Å². The third-order valence-corrected chi connectivity index (χ3v) is 3.63. The summed E-state index contributed by atoms with van der Waals surface area (Å²) in [5.41, 5.74) is 1.01. The second kappa shape index (κ2) is 12.9. The highest BCUT2D eigenvalue weighted by Gasteiger charge is 2.06. The average molecular weight is 482 g/mol. The third-order valence-electron chi connectivity index (χ3n) is 3.63. The van der Waals surface area contributed by atoms with Crippen molar-refractivity contribution in [3.63, 3.8) is 0 Å². The summed E-state index contributed by atoms with van der Waals surface area (Å²) in [6.45, 7) is 5.24. The van der Waals surface area contributed by atoms with E-state index in [1.807, 2.05) is 49.6 Å². The van der Waals surface area contributed by atoms with E-state index in [0.717, 1.165) is 31.2 Å². The first-order valence-electron chi connectivity index (χ1n) is 8.63. The molecule has 0 atom stereocenters. The van der Waals surface area contributed by atoms with E-state index in [9.17, 15) is 0 Å². The highest BCUT2D eigenvalue weighted by molar-refractivity contribution is 14.0. The van der Waals surface area contributed by atoms with E-state index >= 15 is 0 Å². The lowest BCUT2D eigenvalue weighted by atomic mass is 10.2. The summed E-state index contributed by atoms with van der Waals surface area (Å²) in [6, 6.07) is 9.77. The topological polar surface area (TPSA) is 59.8 Å². The maximum Gasteiger partial charge on any atom is 0.191 e. The fourth-order valence-electron chi connectivity index (χ4n) is 2.39. The molecule has 0 radical (unpaired) electrons. The van der Waals surface area contributed by atoms with Gasteiger partial charge in [-0.2, -0.15) is 0 Å². The zero-order valence-corrected chi connectivity index (χ0v) is 18.1. The number of methoxy groups -OCH3 is 1. The largest absolute Gasteiger partial charge is 0.493 e. The first kappa shape index (κ1) is 22.7. The van der Waals surface area contributed by atoms with Gasteiger partial charge in [-0.05, 0) is 36.8 Å². The molecular formula is C20H27IN4O2. The van der Waals surface area contributed by atoms with Gasteiger partial charge in [0.25, 0.3) is 0 Å². The van der Waals surface area contributed by atoms with Crippen molar-refractivity contribution in [1.82, 2.24) is 15.2 Å². The number of nitrogens with zero attached hydrogens (tertiary/aromatic N) is 2. The van der Waals surface area contributed by atoms with Crippen LogP contribution in [0.1, 0.15) is 12.5 Å². The lowest BCUT2D eigenvalue weighted by Crippen LogP contribution is -2.38. The lowest BCUT2D eigenvalue weighted by molar-refractivity contribution is 0.330. The Morgan fingerprint density at radius 3 is 2.67 bits per heavy atom. The van der Waals surface area contributed by atoms with Crippen LogP contribution in [0, 0.1) is 12.3 Å². The van der Waals surface area contributed by atoms with Crippen LogP contribution in [0.2, 0.25) is 0 Å². The Morgan fingerprint density at radius 2 is 2.00 bits per heavy atom. The van der Waals surface area contributed by atoms with Gasteiger partial charge < -0.3 is 24.7 Å². The monoisotopic (exact) mass is 482 g/mol. The molecule has 0 bridgehead atoms. The number of terminal acetylenes is 1. The predicted octanol–water partition coefficient (Wildman–Crippen LogP) is 2.88. The predicted molar refractivity (Wildman–Crippen MR) is 120 cm³/mol. The summed E-state index contributed by atoms with van der Waals surface area (Å²) in [4.78, 5) is 4.63. The standard InChI is InChI=1S/C20H26N4O2.HI/c1-4-14-26-19-15-17(8-9-18(19)25-3)16-23-20(21-5-2)22-10-13-24-11-6-7-12-24;/h1,6-9,11-12,15H,5,10,13-14,16H2,2-3H3,(H2,21,22,23);1H. The van der Waals surface area contributed by atoms with Crippen LogP contribution in [-0.4, -0.2) is 37.3 Å². The minimum Gasteiger partial charge on any atom is -0.493 e. The molecule has 0 aliphatic carbocycles. The highest BCUT2D eigenvalue weighted by atomic mass is 127. The van der Waals surface area contributed by atoms with Gasteiger partial charge in [-0.25, -0.2) is 4.99 Å². The molecule has 1 aromatic heterocycles. The van der Waals surface area contributed by atoms with E-state index in [1.165, 1.54) is 0 Å². The van der Waals surface area contributed by atoms with Gasteiger partial charge in [0, 0.05) is 32.0 Å². The molecule has 0 saturated heterocycles. The van der Waals surface area contributed by atoms with Crippen LogP contribution in [0.4, 0.5) is 0 Å². The second-order valence-electron chi connectivity index (χ2n) is 5.52. The van der Waals surface area contributed by atoms with Gasteiger partial charge in [-0.3, -0.25) is 0 Å². The molecule has 0 aliphatic rings. The van der Waals surface area contributed by atoms with Crippen LogP contribution in [0.25, 0.3) is 0 Å². The normalized spacial score (nSPS) is 10.5. The summed E-state index contributed by atoms with van der Waals surface area (Å²) in [6.07, 6.45) is 9.35. The Labute approximate surface area is 178 Å². The van der Waals surface area contributed by atoms with Crippen molar-refractivity contribution < 1.29 is 9.47 Å². The van der Waals surface area contributed by atoms with E-state index in [4.69, 9.17) is 15.9 Å². The zero-order chi connectivity index (χ0) is 18.6. The van der Waals surface area contributed by atoms with Crippen molar-refractivity contribution in [3.8, 4) is 23.8 Å². The molecule has 0 unspecified atom stereocenters. The van der Waals surface area contributed by atoms with E-state index in [2.05, 4.69) is 26.1 Å². The van der Waals surface area contributed by atoms with Gasteiger partial charge in [0.15, 0.2) is 17.5 Å². The lowest BCUT2D eigenvalue weighted by Gasteiger charge is -2.13. The number of benzene rings is 1. The molecule has 2 aromatic rings. The molecule has 2 N–H and O–H groups in total. The number of aromatic nitrogens is 1. The number of hydrogen-bond acceptors (Lipinski definition) is 3. The number of rotatable bonds is 9. The summed E-state index contributed by atoms with van der Waals surface area (Å²) >= 11 is 0. The third kappa shape index (κ3) is 7.83. The molecule has 1 heterocycles. The van der Waals surface area contributed by atoms with Gasteiger partial charge in [0.05, 0.1) is 13.7 Å². The SMILES string of the molecule is C#CCOc1cc(CN=C(NCC)NCCn2cccc2)ccc1OC.I. The van der Waals surface area contributed by atoms with E-state index in [0.29, 0.717) is 18.0 Å². The fourth-order valence-corrected chi connectivity index (χ4v) is 2.39.